The van der Waals surface area contributed by atoms with Gasteiger partial charge in [0.05, 0.1) is 0 Å². The van der Waals surface area contributed by atoms with Gasteiger partial charge in [-0.3, -0.25) is 4.31 Å². The summed E-state index contributed by atoms with van der Waals surface area (Å²) in [5, 5.41) is 3.58. The van der Waals surface area contributed by atoms with E-state index in [0.717, 1.165) is 17.7 Å². The maximum atomic E-state index is 4.34. The lowest BCUT2D eigenvalue weighted by Crippen LogP contribution is -2.59. The maximum absolute atomic E-state index is 4.34. The zero-order valence-corrected chi connectivity index (χ0v) is 10.3. The van der Waals surface area contributed by atoms with Gasteiger partial charge in [0.15, 0.2) is 0 Å². The van der Waals surface area contributed by atoms with Crippen molar-refractivity contribution in [3.8, 4) is 0 Å². The maximum Gasteiger partial charge on any atom is 0.126 e. The topological polar surface area (TPSA) is 28.2 Å². The molecule has 1 aromatic heterocycles. The van der Waals surface area contributed by atoms with Crippen molar-refractivity contribution in [3.63, 3.8) is 0 Å². The molecule has 0 spiro atoms. The van der Waals surface area contributed by atoms with Crippen LogP contribution in [0.5, 0.6) is 0 Å². The lowest BCUT2D eigenvalue weighted by atomic mass is 9.67. The summed E-state index contributed by atoms with van der Waals surface area (Å²) in [6.45, 7) is 2.45. The number of aromatic nitrogens is 1. The predicted octanol–water partition coefficient (Wildman–Crippen LogP) is 2.09. The second-order valence-electron chi connectivity index (χ2n) is 4.67. The SMILES string of the molecule is CSN1CC2CC(C1)C2Nc1ccccn1. The number of fused-ring (bicyclic) bond motifs is 2. The Kier molecular flexibility index (Phi) is 2.77. The number of hydrogen-bond donors (Lipinski definition) is 1. The summed E-state index contributed by atoms with van der Waals surface area (Å²) in [5.74, 6) is 2.65. The summed E-state index contributed by atoms with van der Waals surface area (Å²) in [6.07, 6.45) is 5.42. The molecular formula is C12H17N3S. The van der Waals surface area contributed by atoms with Crippen molar-refractivity contribution in [2.75, 3.05) is 24.7 Å². The summed E-state index contributed by atoms with van der Waals surface area (Å²) >= 11 is 1.88. The molecule has 0 aromatic carbocycles. The molecule has 3 nitrogen and oxygen atoms in total. The number of hydrogen-bond acceptors (Lipinski definition) is 4. The van der Waals surface area contributed by atoms with E-state index in [0.29, 0.717) is 6.04 Å². The minimum atomic E-state index is 0.651. The van der Waals surface area contributed by atoms with Crippen molar-refractivity contribution in [1.82, 2.24) is 9.29 Å². The first kappa shape index (κ1) is 10.4. The number of piperidine rings is 2. The van der Waals surface area contributed by atoms with Gasteiger partial charge in [-0.25, -0.2) is 4.98 Å². The minimum Gasteiger partial charge on any atom is -0.367 e. The molecule has 4 rings (SSSR count). The molecule has 3 heterocycles. The van der Waals surface area contributed by atoms with Crippen LogP contribution in [-0.4, -0.2) is 34.7 Å². The highest BCUT2D eigenvalue weighted by Crippen LogP contribution is 2.42. The van der Waals surface area contributed by atoms with Crippen LogP contribution in [0.2, 0.25) is 0 Å². The molecular weight excluding hydrogens is 218 g/mol. The van der Waals surface area contributed by atoms with Gasteiger partial charge in [0, 0.05) is 25.3 Å². The Hall–Kier alpha value is -0.740. The van der Waals surface area contributed by atoms with Crippen LogP contribution >= 0.6 is 11.9 Å². The van der Waals surface area contributed by atoms with Crippen molar-refractivity contribution in [2.45, 2.75) is 12.5 Å². The normalized spacial score (nSPS) is 33.2. The Morgan fingerprint density at radius 3 is 2.81 bits per heavy atom. The lowest BCUT2D eigenvalue weighted by molar-refractivity contribution is 0.0628. The number of rotatable bonds is 3. The van der Waals surface area contributed by atoms with Gasteiger partial charge in [-0.15, -0.1) is 0 Å². The van der Waals surface area contributed by atoms with E-state index in [-0.39, 0.29) is 0 Å². The quantitative estimate of drug-likeness (QED) is 0.812. The van der Waals surface area contributed by atoms with Gasteiger partial charge in [0.1, 0.15) is 5.82 Å². The highest BCUT2D eigenvalue weighted by atomic mass is 32.2. The second kappa shape index (κ2) is 4.26. The summed E-state index contributed by atoms with van der Waals surface area (Å²) < 4.78 is 2.48. The summed E-state index contributed by atoms with van der Waals surface area (Å²) in [5.41, 5.74) is 0. The van der Waals surface area contributed by atoms with Crippen molar-refractivity contribution in [2.24, 2.45) is 11.8 Å². The lowest BCUT2D eigenvalue weighted by Gasteiger charge is -2.53. The van der Waals surface area contributed by atoms with Crippen LogP contribution in [0.3, 0.4) is 0 Å². The number of pyridine rings is 1. The van der Waals surface area contributed by atoms with Gasteiger partial charge in [-0.2, -0.15) is 0 Å². The smallest absolute Gasteiger partial charge is 0.126 e. The molecule has 2 atom stereocenters. The Morgan fingerprint density at radius 1 is 1.38 bits per heavy atom. The molecule has 4 heteroatoms. The van der Waals surface area contributed by atoms with Gasteiger partial charge in [0.2, 0.25) is 0 Å². The summed E-state index contributed by atoms with van der Waals surface area (Å²) in [4.78, 5) is 4.34. The Morgan fingerprint density at radius 2 is 2.19 bits per heavy atom. The second-order valence-corrected chi connectivity index (χ2v) is 5.55. The van der Waals surface area contributed by atoms with E-state index < -0.39 is 0 Å². The van der Waals surface area contributed by atoms with Crippen LogP contribution in [0, 0.1) is 11.8 Å². The van der Waals surface area contributed by atoms with Crippen molar-refractivity contribution in [3.05, 3.63) is 24.4 Å². The molecule has 0 radical (unpaired) electrons. The zero-order chi connectivity index (χ0) is 11.0. The van der Waals surface area contributed by atoms with Crippen molar-refractivity contribution >= 4 is 17.8 Å². The minimum absolute atomic E-state index is 0.651. The molecule has 1 N–H and O–H groups in total. The fourth-order valence-electron chi connectivity index (χ4n) is 2.85. The first-order valence-electron chi connectivity index (χ1n) is 5.83. The third-order valence-corrected chi connectivity index (χ3v) is 4.55. The van der Waals surface area contributed by atoms with E-state index in [1.54, 1.807) is 0 Å². The molecule has 2 bridgehead atoms. The van der Waals surface area contributed by atoms with E-state index in [1.807, 2.05) is 30.3 Å². The molecule has 86 valence electrons. The van der Waals surface area contributed by atoms with Crippen LogP contribution < -0.4 is 5.32 Å². The molecule has 0 amide bonds. The molecule has 16 heavy (non-hydrogen) atoms. The van der Waals surface area contributed by atoms with E-state index in [2.05, 4.69) is 26.9 Å². The standard InChI is InChI=1S/C12H17N3S/c1-16-15-7-9-6-10(8-15)12(9)14-11-4-2-3-5-13-11/h2-5,9-10,12H,6-8H2,1H3,(H,13,14). The van der Waals surface area contributed by atoms with E-state index in [9.17, 15) is 0 Å². The fraction of sp³-hybridized carbons (Fsp3) is 0.583. The fourth-order valence-corrected chi connectivity index (χ4v) is 3.53. The van der Waals surface area contributed by atoms with Gasteiger partial charge in [-0.1, -0.05) is 18.0 Å². The molecule has 2 unspecified atom stereocenters. The molecule has 1 aromatic rings. The van der Waals surface area contributed by atoms with Crippen LogP contribution in [0.1, 0.15) is 6.42 Å². The summed E-state index contributed by atoms with van der Waals surface area (Å²) in [6, 6.07) is 6.71. The largest absolute Gasteiger partial charge is 0.367 e. The number of anilines is 1. The van der Waals surface area contributed by atoms with E-state index >= 15 is 0 Å². The van der Waals surface area contributed by atoms with Crippen LogP contribution in [0.4, 0.5) is 5.82 Å². The first-order chi connectivity index (χ1) is 7.86. The third kappa shape index (κ3) is 1.80. The number of nitrogens with zero attached hydrogens (tertiary/aromatic N) is 2. The molecule has 1 aliphatic carbocycles. The highest BCUT2D eigenvalue weighted by Gasteiger charge is 2.46. The highest BCUT2D eigenvalue weighted by molar-refractivity contribution is 7.96. The van der Waals surface area contributed by atoms with Crippen LogP contribution in [0.15, 0.2) is 24.4 Å². The van der Waals surface area contributed by atoms with E-state index in [1.165, 1.54) is 19.5 Å². The van der Waals surface area contributed by atoms with Gasteiger partial charge in [0.25, 0.3) is 0 Å². The predicted molar refractivity (Wildman–Crippen MR) is 68.3 cm³/mol. The van der Waals surface area contributed by atoms with E-state index in [4.69, 9.17) is 0 Å². The Labute approximate surface area is 101 Å². The number of nitrogens with one attached hydrogen (secondary N) is 1. The molecule has 2 saturated heterocycles. The van der Waals surface area contributed by atoms with Crippen molar-refractivity contribution < 1.29 is 0 Å². The average molecular weight is 235 g/mol. The van der Waals surface area contributed by atoms with Crippen LogP contribution in [0.25, 0.3) is 0 Å². The average Bonchev–Trinajstić information content (AvgIpc) is 2.37. The van der Waals surface area contributed by atoms with Crippen LogP contribution in [-0.2, 0) is 0 Å². The monoisotopic (exact) mass is 235 g/mol. The molecule has 2 aliphatic heterocycles. The molecule has 1 saturated carbocycles. The van der Waals surface area contributed by atoms with Gasteiger partial charge < -0.3 is 5.32 Å². The Balaban J connectivity index is 1.63. The van der Waals surface area contributed by atoms with Gasteiger partial charge in [-0.05, 0) is 36.6 Å². The zero-order valence-electron chi connectivity index (χ0n) is 9.47. The first-order valence-corrected chi connectivity index (χ1v) is 7.01. The summed E-state index contributed by atoms with van der Waals surface area (Å²) in [7, 11) is 0. The third-order valence-electron chi connectivity index (χ3n) is 3.74. The van der Waals surface area contributed by atoms with Crippen molar-refractivity contribution in [1.29, 1.82) is 0 Å². The molecule has 3 aliphatic rings. The van der Waals surface area contributed by atoms with Gasteiger partial charge >= 0.3 is 0 Å². The Bertz CT molecular complexity index is 345. The molecule has 3 fully saturated rings.